The maximum absolute atomic E-state index is 12.6. The molecule has 1 heterocycles. The molecule has 0 saturated heterocycles. The van der Waals surface area contributed by atoms with Gasteiger partial charge in [0.1, 0.15) is 5.75 Å². The number of sulfone groups is 1. The number of hydrogen-bond acceptors (Lipinski definition) is 5. The first-order valence-electron chi connectivity index (χ1n) is 9.32. The summed E-state index contributed by atoms with van der Waals surface area (Å²) in [5.74, 6) is -0.755. The number of hydrogen-bond donors (Lipinski definition) is 2. The van der Waals surface area contributed by atoms with Crippen molar-refractivity contribution in [3.8, 4) is 5.75 Å². The lowest BCUT2D eigenvalue weighted by Gasteiger charge is -2.10. The predicted octanol–water partition coefficient (Wildman–Crippen LogP) is 2.35. The zero-order valence-corrected chi connectivity index (χ0v) is 17.1. The van der Waals surface area contributed by atoms with E-state index in [2.05, 4.69) is 5.32 Å². The summed E-state index contributed by atoms with van der Waals surface area (Å²) in [6.45, 7) is 4.08. The number of para-hydroxylation sites is 2. The quantitative estimate of drug-likeness (QED) is 0.574. The molecule has 0 fully saturated rings. The molecule has 3 rings (SSSR count). The van der Waals surface area contributed by atoms with Crippen LogP contribution in [0.15, 0.2) is 52.2 Å². The van der Waals surface area contributed by atoms with E-state index in [4.69, 9.17) is 0 Å². The molecule has 3 aromatic rings. The number of nitrogens with one attached hydrogen (secondary N) is 1. The van der Waals surface area contributed by atoms with Gasteiger partial charge in [0.05, 0.1) is 27.4 Å². The highest BCUT2D eigenvalue weighted by Crippen LogP contribution is 2.27. The van der Waals surface area contributed by atoms with Crippen LogP contribution in [0, 0.1) is 0 Å². The van der Waals surface area contributed by atoms with E-state index in [-0.39, 0.29) is 40.7 Å². The number of aromatic hydroxyl groups is 1. The minimum atomic E-state index is -3.47. The topological polar surface area (TPSA) is 110 Å². The summed E-state index contributed by atoms with van der Waals surface area (Å²) in [5.41, 5.74) is 1.37. The summed E-state index contributed by atoms with van der Waals surface area (Å²) < 4.78 is 27.2. The number of rotatable bonds is 7. The van der Waals surface area contributed by atoms with Gasteiger partial charge in [-0.2, -0.15) is 0 Å². The van der Waals surface area contributed by atoms with E-state index in [1.165, 1.54) is 29.7 Å². The zero-order valence-electron chi connectivity index (χ0n) is 16.3. The second-order valence-electron chi connectivity index (χ2n) is 6.55. The molecule has 0 atom stereocenters. The first-order valence-corrected chi connectivity index (χ1v) is 11.0. The molecule has 0 radical (unpaired) electrons. The molecule has 0 bridgehead atoms. The van der Waals surface area contributed by atoms with Crippen LogP contribution in [-0.4, -0.2) is 34.3 Å². The predicted molar refractivity (Wildman–Crippen MR) is 111 cm³/mol. The summed E-state index contributed by atoms with van der Waals surface area (Å²) in [7, 11) is -3.47. The number of aromatic nitrogens is 2. The Morgan fingerprint density at radius 3 is 2.34 bits per heavy atom. The molecule has 0 spiro atoms. The third-order valence-corrected chi connectivity index (χ3v) is 6.52. The average molecular weight is 417 g/mol. The fraction of sp³-hybridized carbons (Fsp3) is 0.300. The summed E-state index contributed by atoms with van der Waals surface area (Å²) in [4.78, 5) is 25.0. The summed E-state index contributed by atoms with van der Waals surface area (Å²) in [6.07, 6.45) is -0.0121. The van der Waals surface area contributed by atoms with E-state index in [9.17, 15) is 23.1 Å². The molecule has 154 valence electrons. The van der Waals surface area contributed by atoms with Crippen LogP contribution < -0.4 is 11.0 Å². The number of carbonyl (C=O) groups excluding carboxylic acids is 1. The van der Waals surface area contributed by atoms with Crippen LogP contribution >= 0.6 is 0 Å². The number of amides is 1. The summed E-state index contributed by atoms with van der Waals surface area (Å²) >= 11 is 0. The van der Waals surface area contributed by atoms with Crippen LogP contribution in [0.1, 0.15) is 20.3 Å². The van der Waals surface area contributed by atoms with Crippen molar-refractivity contribution < 1.29 is 18.3 Å². The van der Waals surface area contributed by atoms with Crippen molar-refractivity contribution >= 4 is 32.5 Å². The van der Waals surface area contributed by atoms with E-state index in [1.807, 2.05) is 31.2 Å². The Bertz CT molecular complexity index is 1220. The molecule has 1 aromatic heterocycles. The third-order valence-electron chi connectivity index (χ3n) is 4.79. The Morgan fingerprint density at radius 1 is 1.07 bits per heavy atom. The van der Waals surface area contributed by atoms with E-state index in [1.54, 1.807) is 4.57 Å². The number of imidazole rings is 1. The van der Waals surface area contributed by atoms with Crippen molar-refractivity contribution in [2.75, 3.05) is 11.1 Å². The van der Waals surface area contributed by atoms with Gasteiger partial charge in [0.25, 0.3) is 0 Å². The molecule has 0 aliphatic rings. The standard InChI is InChI=1S/C20H23N3O5S/c1-3-22-16-7-5-6-8-17(16)23(20(22)26)12-11-19(25)21-15-13-14(9-10-18(15)24)29(27,28)4-2/h5-10,13,24H,3-4,11-12H2,1-2H3,(H,21,25). The van der Waals surface area contributed by atoms with Gasteiger partial charge >= 0.3 is 5.69 Å². The highest BCUT2D eigenvalue weighted by molar-refractivity contribution is 7.91. The lowest BCUT2D eigenvalue weighted by Crippen LogP contribution is -2.25. The molecule has 2 aromatic carbocycles. The maximum atomic E-state index is 12.6. The number of carbonyl (C=O) groups is 1. The van der Waals surface area contributed by atoms with Gasteiger partial charge in [-0.05, 0) is 37.3 Å². The van der Waals surface area contributed by atoms with Crippen molar-refractivity contribution in [2.24, 2.45) is 0 Å². The number of fused-ring (bicyclic) bond motifs is 1. The minimum absolute atomic E-state index is 0.0121. The smallest absolute Gasteiger partial charge is 0.329 e. The van der Waals surface area contributed by atoms with Gasteiger partial charge in [-0.25, -0.2) is 13.2 Å². The highest BCUT2D eigenvalue weighted by Gasteiger charge is 2.16. The van der Waals surface area contributed by atoms with E-state index in [0.717, 1.165) is 11.0 Å². The Balaban J connectivity index is 1.80. The monoisotopic (exact) mass is 417 g/mol. The molecule has 0 unspecified atom stereocenters. The lowest BCUT2D eigenvalue weighted by molar-refractivity contribution is -0.116. The van der Waals surface area contributed by atoms with E-state index in [0.29, 0.717) is 6.54 Å². The zero-order chi connectivity index (χ0) is 21.2. The van der Waals surface area contributed by atoms with Gasteiger partial charge in [0.2, 0.25) is 5.91 Å². The largest absolute Gasteiger partial charge is 0.506 e. The fourth-order valence-electron chi connectivity index (χ4n) is 3.20. The molecule has 0 aliphatic carbocycles. The molecule has 9 heteroatoms. The summed E-state index contributed by atoms with van der Waals surface area (Å²) in [6, 6.07) is 11.1. The fourth-order valence-corrected chi connectivity index (χ4v) is 4.10. The van der Waals surface area contributed by atoms with Gasteiger partial charge in [-0.15, -0.1) is 0 Å². The molecular formula is C20H23N3O5S. The van der Waals surface area contributed by atoms with Crippen LogP contribution in [0.3, 0.4) is 0 Å². The Hall–Kier alpha value is -3.07. The van der Waals surface area contributed by atoms with Crippen molar-refractivity contribution in [1.29, 1.82) is 0 Å². The molecule has 0 aliphatic heterocycles. The van der Waals surface area contributed by atoms with Crippen LogP contribution in [0.25, 0.3) is 11.0 Å². The first-order chi connectivity index (χ1) is 13.8. The van der Waals surface area contributed by atoms with Gasteiger partial charge in [-0.3, -0.25) is 13.9 Å². The van der Waals surface area contributed by atoms with Crippen LogP contribution in [-0.2, 0) is 27.7 Å². The normalized spacial score (nSPS) is 11.7. The highest BCUT2D eigenvalue weighted by atomic mass is 32.2. The van der Waals surface area contributed by atoms with Gasteiger partial charge in [0.15, 0.2) is 9.84 Å². The number of benzene rings is 2. The molecular weight excluding hydrogens is 394 g/mol. The SMILES string of the molecule is CCn1c(=O)n(CCC(=O)Nc2cc(S(=O)(=O)CC)ccc2O)c2ccccc21. The van der Waals surface area contributed by atoms with Gasteiger partial charge in [0, 0.05) is 19.5 Å². The lowest BCUT2D eigenvalue weighted by atomic mass is 10.2. The molecule has 29 heavy (non-hydrogen) atoms. The second kappa shape index (κ2) is 8.12. The second-order valence-corrected chi connectivity index (χ2v) is 8.83. The van der Waals surface area contributed by atoms with Gasteiger partial charge in [-0.1, -0.05) is 19.1 Å². The van der Waals surface area contributed by atoms with Gasteiger partial charge < -0.3 is 10.4 Å². The molecule has 1 amide bonds. The van der Waals surface area contributed by atoms with E-state index < -0.39 is 15.7 Å². The summed E-state index contributed by atoms with van der Waals surface area (Å²) in [5, 5.41) is 12.5. The van der Waals surface area contributed by atoms with Crippen LogP contribution in [0.2, 0.25) is 0 Å². The number of aryl methyl sites for hydroxylation is 2. The van der Waals surface area contributed by atoms with Crippen LogP contribution in [0.5, 0.6) is 5.75 Å². The number of anilines is 1. The Labute approximate surface area is 168 Å². The third kappa shape index (κ3) is 4.04. The Morgan fingerprint density at radius 2 is 1.72 bits per heavy atom. The molecule has 0 saturated carbocycles. The molecule has 2 N–H and O–H groups in total. The number of phenolic OH excluding ortho intramolecular Hbond substituents is 1. The number of phenols is 1. The average Bonchev–Trinajstić information content (AvgIpc) is 2.98. The Kier molecular flexibility index (Phi) is 5.78. The van der Waals surface area contributed by atoms with Crippen molar-refractivity contribution in [3.63, 3.8) is 0 Å². The van der Waals surface area contributed by atoms with Crippen LogP contribution in [0.4, 0.5) is 5.69 Å². The number of nitrogens with zero attached hydrogens (tertiary/aromatic N) is 2. The van der Waals surface area contributed by atoms with Crippen molar-refractivity contribution in [3.05, 3.63) is 52.9 Å². The maximum Gasteiger partial charge on any atom is 0.329 e. The molecule has 8 nitrogen and oxygen atoms in total. The van der Waals surface area contributed by atoms with Crippen molar-refractivity contribution in [1.82, 2.24) is 9.13 Å². The minimum Gasteiger partial charge on any atom is -0.506 e. The van der Waals surface area contributed by atoms with E-state index >= 15 is 0 Å². The first kappa shape index (κ1) is 20.7. The van der Waals surface area contributed by atoms with Crippen molar-refractivity contribution in [2.45, 2.75) is 38.3 Å².